The maximum absolute atomic E-state index is 14.4. The highest BCUT2D eigenvalue weighted by Gasteiger charge is 2.33. The van der Waals surface area contributed by atoms with E-state index in [2.05, 4.69) is 16.4 Å². The molecule has 1 fully saturated rings. The number of rotatable bonds is 7. The molecule has 2 aliphatic heterocycles. The topological polar surface area (TPSA) is 124 Å². The number of carbonyl (C=O) groups is 3. The molecule has 0 saturated carbocycles. The molecule has 0 radical (unpaired) electrons. The van der Waals surface area contributed by atoms with Crippen molar-refractivity contribution < 1.29 is 23.9 Å². The van der Waals surface area contributed by atoms with Crippen molar-refractivity contribution in [3.05, 3.63) is 123 Å². The van der Waals surface area contributed by atoms with E-state index in [1.165, 1.54) is 7.11 Å². The second-order valence-electron chi connectivity index (χ2n) is 12.7. The molecule has 10 heteroatoms. The zero-order chi connectivity index (χ0) is 34.9. The van der Waals surface area contributed by atoms with Gasteiger partial charge in [0, 0.05) is 52.3 Å². The number of aryl methyl sites for hydroxylation is 2. The van der Waals surface area contributed by atoms with Crippen molar-refractivity contribution in [1.82, 2.24) is 9.88 Å². The smallest absolute Gasteiger partial charge is 0.357 e. The van der Waals surface area contributed by atoms with Gasteiger partial charge in [0.25, 0.3) is 11.8 Å². The van der Waals surface area contributed by atoms with Gasteiger partial charge in [-0.15, -0.1) is 11.3 Å². The van der Waals surface area contributed by atoms with Crippen molar-refractivity contribution in [3.8, 4) is 27.3 Å². The number of methoxy groups -OCH3 is 1. The van der Waals surface area contributed by atoms with Gasteiger partial charge in [-0.2, -0.15) is 0 Å². The number of pyridine rings is 1. The molecular weight excluding hydrogens is 649 g/mol. The Balaban J connectivity index is 1.35. The number of fused-ring (bicyclic) bond motifs is 3. The van der Waals surface area contributed by atoms with Crippen LogP contribution in [0.5, 0.6) is 5.75 Å². The van der Waals surface area contributed by atoms with Gasteiger partial charge >= 0.3 is 5.97 Å². The van der Waals surface area contributed by atoms with E-state index in [-0.39, 0.29) is 29.2 Å². The first-order valence-corrected chi connectivity index (χ1v) is 17.6. The molecule has 1 atom stereocenters. The van der Waals surface area contributed by atoms with Gasteiger partial charge in [0.1, 0.15) is 11.4 Å². The summed E-state index contributed by atoms with van der Waals surface area (Å²) >= 11 is 1.59. The van der Waals surface area contributed by atoms with Gasteiger partial charge in [0.15, 0.2) is 5.69 Å². The van der Waals surface area contributed by atoms with Crippen LogP contribution in [0.2, 0.25) is 0 Å². The summed E-state index contributed by atoms with van der Waals surface area (Å²) in [6, 6.07) is 22.8. The summed E-state index contributed by atoms with van der Waals surface area (Å²) in [6.45, 7) is 5.30. The summed E-state index contributed by atoms with van der Waals surface area (Å²) in [5.74, 6) is -0.761. The lowest BCUT2D eigenvalue weighted by Gasteiger charge is -2.25. The van der Waals surface area contributed by atoms with Gasteiger partial charge in [-0.25, -0.2) is 9.78 Å². The van der Waals surface area contributed by atoms with Crippen LogP contribution in [0.4, 0.5) is 5.69 Å². The molecule has 0 unspecified atom stereocenters. The highest BCUT2D eigenvalue weighted by atomic mass is 32.1. The van der Waals surface area contributed by atoms with E-state index < -0.39 is 5.97 Å². The van der Waals surface area contributed by atoms with Crippen molar-refractivity contribution in [2.45, 2.75) is 45.7 Å². The molecule has 50 heavy (non-hydrogen) atoms. The third kappa shape index (κ3) is 6.16. The van der Waals surface area contributed by atoms with Gasteiger partial charge in [-0.05, 0) is 90.2 Å². The monoisotopic (exact) mass is 686 g/mol. The van der Waals surface area contributed by atoms with Gasteiger partial charge < -0.3 is 25.4 Å². The molecule has 3 aromatic carbocycles. The predicted octanol–water partition coefficient (Wildman–Crippen LogP) is 7.50. The van der Waals surface area contributed by atoms with Crippen molar-refractivity contribution in [2.24, 2.45) is 5.73 Å². The van der Waals surface area contributed by atoms with Crippen LogP contribution >= 0.6 is 11.3 Å². The fraction of sp³-hybridized carbons (Fsp3) is 0.250. The molecule has 2 amide bonds. The fourth-order valence-electron chi connectivity index (χ4n) is 7.10. The fourth-order valence-corrected chi connectivity index (χ4v) is 8.08. The third-order valence-electron chi connectivity index (χ3n) is 9.53. The number of thiophene rings is 1. The number of amides is 2. The Labute approximate surface area is 295 Å². The van der Waals surface area contributed by atoms with E-state index in [0.29, 0.717) is 47.8 Å². The summed E-state index contributed by atoms with van der Waals surface area (Å²) in [5, 5.41) is 5.17. The number of nitrogens with two attached hydrogens (primary N) is 1. The van der Waals surface area contributed by atoms with E-state index in [9.17, 15) is 14.4 Å². The molecule has 7 rings (SSSR count). The number of anilines is 1. The molecule has 9 nitrogen and oxygen atoms in total. The van der Waals surface area contributed by atoms with E-state index in [0.717, 1.165) is 57.5 Å². The lowest BCUT2D eigenvalue weighted by molar-refractivity contribution is 0.0594. The summed E-state index contributed by atoms with van der Waals surface area (Å²) < 4.78 is 11.4. The Morgan fingerprint density at radius 2 is 1.78 bits per heavy atom. The quantitative estimate of drug-likeness (QED) is 0.170. The number of benzene rings is 3. The molecule has 0 spiro atoms. The Kier molecular flexibility index (Phi) is 9.22. The largest absolute Gasteiger partial charge is 0.493 e. The first-order chi connectivity index (χ1) is 24.3. The van der Waals surface area contributed by atoms with Crippen LogP contribution in [0.1, 0.15) is 78.0 Å². The summed E-state index contributed by atoms with van der Waals surface area (Å²) in [7, 11) is 1.27. The first-order valence-electron chi connectivity index (χ1n) is 16.7. The number of aromatic nitrogens is 1. The van der Waals surface area contributed by atoms with Crippen LogP contribution < -0.4 is 15.8 Å². The summed E-state index contributed by atoms with van der Waals surface area (Å²) in [4.78, 5) is 49.3. The minimum Gasteiger partial charge on any atom is -0.493 e. The number of esters is 1. The maximum Gasteiger partial charge on any atom is 0.357 e. The zero-order valence-corrected chi connectivity index (χ0v) is 29.1. The molecule has 3 N–H and O–H groups in total. The lowest BCUT2D eigenvalue weighted by Crippen LogP contribution is -2.31. The maximum atomic E-state index is 14.4. The molecule has 1 saturated heterocycles. The number of hydrogen-bond donors (Lipinski definition) is 2. The molecule has 2 aromatic heterocycles. The summed E-state index contributed by atoms with van der Waals surface area (Å²) in [5.41, 5.74) is 13.5. The van der Waals surface area contributed by atoms with Crippen LogP contribution in [0.15, 0.2) is 78.2 Å². The van der Waals surface area contributed by atoms with Crippen molar-refractivity contribution in [1.29, 1.82) is 0 Å². The van der Waals surface area contributed by atoms with Crippen LogP contribution in [-0.2, 0) is 17.7 Å². The molecule has 5 aromatic rings. The average Bonchev–Trinajstić information content (AvgIpc) is 3.79. The lowest BCUT2D eigenvalue weighted by atomic mass is 9.93. The van der Waals surface area contributed by atoms with Crippen LogP contribution in [0, 0.1) is 13.8 Å². The van der Waals surface area contributed by atoms with E-state index in [4.69, 9.17) is 15.2 Å². The van der Waals surface area contributed by atoms with Crippen molar-refractivity contribution in [3.63, 3.8) is 0 Å². The minimum absolute atomic E-state index is 0.0621. The van der Waals surface area contributed by atoms with E-state index in [1.807, 2.05) is 72.7 Å². The number of ether oxygens (including phenoxy) is 2. The minimum atomic E-state index is -0.720. The normalized spacial score (nSPS) is 15.0. The number of likely N-dealkylation sites (tertiary alicyclic amines) is 1. The van der Waals surface area contributed by atoms with E-state index in [1.54, 1.807) is 29.5 Å². The molecule has 4 heterocycles. The predicted molar refractivity (Wildman–Crippen MR) is 195 cm³/mol. The van der Waals surface area contributed by atoms with Crippen LogP contribution in [0.3, 0.4) is 0 Å². The second-order valence-corrected chi connectivity index (χ2v) is 13.6. The second kappa shape index (κ2) is 13.9. The third-order valence-corrected chi connectivity index (χ3v) is 10.5. The van der Waals surface area contributed by atoms with E-state index >= 15 is 0 Å². The van der Waals surface area contributed by atoms with Gasteiger partial charge in [0.2, 0.25) is 0 Å². The summed E-state index contributed by atoms with van der Waals surface area (Å²) in [6.07, 6.45) is 2.42. The Morgan fingerprint density at radius 1 is 1.00 bits per heavy atom. The van der Waals surface area contributed by atoms with Crippen LogP contribution in [0.25, 0.3) is 21.6 Å². The molecule has 0 bridgehead atoms. The number of hydrogen-bond acceptors (Lipinski definition) is 8. The standard InChI is InChI=1S/C40H38N4O5S/c1-23-18-25(22-41)19-24(2)35(23)43-38(45)30-20-31-34(49-16-13-27-14-17-50-37(27)31)21-29(30)28-11-12-32(42-36(28)40(47)48-3)39(46)44-15-7-10-33(44)26-8-5-4-6-9-26/h4-6,8-9,11-12,14,17-21,33H,7,10,13,15-16,22,41H2,1-3H3,(H,43,45)/t33-/m1/s1. The SMILES string of the molecule is COC(=O)c1nc(C(=O)N2CCC[C@@H]2c2ccccc2)ccc1-c1cc2c(cc1C(=O)Nc1c(C)cc(CN)cc1C)-c1sccc1CCO2. The van der Waals surface area contributed by atoms with Gasteiger partial charge in [-0.3, -0.25) is 9.59 Å². The molecular formula is C40H38N4O5S. The molecule has 2 aliphatic rings. The molecule has 254 valence electrons. The molecule has 0 aliphatic carbocycles. The van der Waals surface area contributed by atoms with Crippen LogP contribution in [-0.4, -0.2) is 47.9 Å². The highest BCUT2D eigenvalue weighted by molar-refractivity contribution is 7.13. The highest BCUT2D eigenvalue weighted by Crippen LogP contribution is 2.44. The number of nitrogens with one attached hydrogen (secondary N) is 1. The Hall–Kier alpha value is -5.32. The zero-order valence-electron chi connectivity index (χ0n) is 28.2. The van der Waals surface area contributed by atoms with Crippen molar-refractivity contribution >= 4 is 34.8 Å². The Morgan fingerprint density at radius 3 is 2.52 bits per heavy atom. The number of nitrogens with zero attached hydrogens (tertiary/aromatic N) is 2. The number of carbonyl (C=O) groups excluding carboxylic acids is 3. The Bertz CT molecular complexity index is 2100. The van der Waals surface area contributed by atoms with Gasteiger partial charge in [0.05, 0.1) is 19.8 Å². The van der Waals surface area contributed by atoms with Crippen molar-refractivity contribution in [2.75, 3.05) is 25.6 Å². The first kappa shape index (κ1) is 33.2. The average molecular weight is 687 g/mol. The van der Waals surface area contributed by atoms with Gasteiger partial charge in [-0.1, -0.05) is 42.5 Å².